The number of hydrogen-bond donors (Lipinski definition) is 0. The van der Waals surface area contributed by atoms with Crippen LogP contribution in [0.25, 0.3) is 0 Å². The van der Waals surface area contributed by atoms with Gasteiger partial charge in [0.2, 0.25) is 8.32 Å². The highest BCUT2D eigenvalue weighted by Gasteiger charge is 2.54. The Bertz CT molecular complexity index is 2270. The summed E-state index contributed by atoms with van der Waals surface area (Å²) in [6.45, 7) is 14.6. The zero-order valence-electron chi connectivity index (χ0n) is 40.7. The van der Waals surface area contributed by atoms with Gasteiger partial charge in [-0.15, -0.1) is 0 Å². The van der Waals surface area contributed by atoms with Gasteiger partial charge >= 0.3 is 5.70 Å². The first-order valence-electron chi connectivity index (χ1n) is 24.2. The second-order valence-electron chi connectivity index (χ2n) is 18.7. The molecule has 0 aromatic heterocycles. The zero-order valence-corrected chi connectivity index (χ0v) is 41.7. The molecule has 0 unspecified atom stereocenters. The number of rotatable bonds is 25. The smallest absolute Gasteiger partial charge is 0.311 e. The van der Waals surface area contributed by atoms with E-state index < -0.39 is 62.3 Å². The van der Waals surface area contributed by atoms with E-state index in [9.17, 15) is 10.1 Å². The van der Waals surface area contributed by atoms with Gasteiger partial charge in [-0.25, -0.2) is 0 Å². The molecule has 7 rings (SSSR count). The molecule has 0 amide bonds. The van der Waals surface area contributed by atoms with Crippen LogP contribution in [0, 0.1) is 10.1 Å². The van der Waals surface area contributed by atoms with Crippen LogP contribution in [0.3, 0.4) is 0 Å². The van der Waals surface area contributed by atoms with Crippen molar-refractivity contribution in [2.45, 2.75) is 140 Å². The third kappa shape index (κ3) is 13.8. The topological polar surface area (TPSA) is 126 Å². The van der Waals surface area contributed by atoms with E-state index in [4.69, 9.17) is 42.3 Å². The molecule has 1 saturated heterocycles. The second kappa shape index (κ2) is 25.7. The molecule has 0 bridgehead atoms. The number of nitrogens with zero attached hydrogens (tertiary/aromatic N) is 1. The largest absolute Gasteiger partial charge is 0.486 e. The minimum Gasteiger partial charge on any atom is -0.486 e. The van der Waals surface area contributed by atoms with Crippen molar-refractivity contribution >= 4 is 8.32 Å². The molecule has 1 fully saturated rings. The van der Waals surface area contributed by atoms with Gasteiger partial charge in [-0.1, -0.05) is 193 Å². The highest BCUT2D eigenvalue weighted by molar-refractivity contribution is 6.77. The molecule has 2 heterocycles. The molecule has 2 aliphatic heterocycles. The van der Waals surface area contributed by atoms with Crippen LogP contribution >= 0.6 is 0 Å². The predicted molar refractivity (Wildman–Crippen MR) is 267 cm³/mol. The molecule has 5 aromatic rings. The molecule has 368 valence electrons. The van der Waals surface area contributed by atoms with Gasteiger partial charge in [0, 0.05) is 0 Å². The van der Waals surface area contributed by atoms with Gasteiger partial charge < -0.3 is 42.3 Å². The lowest BCUT2D eigenvalue weighted by molar-refractivity contribution is -0.454. The Hall–Kier alpha value is -5.06. The standard InChI is InChI=1S/C56H69NO11Si/c1-40(2)69(41(3)4,42(5)6)66-39-49-52(62-33-44-24-14-8-15-25-44)51(48(37-61-49)57(58)59)68-56-55(65-36-47-30-20-11-21-31-47)54(64-35-46-28-18-10-19-29-46)53(63-34-45-26-16-9-17-27-45)50(67-56)38-60-32-43-22-12-7-13-23-43/h7-31,37,40-42,49-56H,32-36,38-39H2,1-6H3/t49-,50-,51-,52+,53+,54+,55+,56-/m1/s1. The Morgan fingerprint density at radius 2 is 0.899 bits per heavy atom. The molecule has 0 aliphatic carbocycles. The molecule has 2 aliphatic rings. The molecule has 13 heteroatoms. The quantitative estimate of drug-likeness (QED) is 0.0315. The maximum atomic E-state index is 13.2. The van der Waals surface area contributed by atoms with Crippen molar-refractivity contribution in [3.63, 3.8) is 0 Å². The highest BCUT2D eigenvalue weighted by atomic mass is 28.4. The Morgan fingerprint density at radius 1 is 0.507 bits per heavy atom. The van der Waals surface area contributed by atoms with Crippen molar-refractivity contribution in [3.05, 3.63) is 202 Å². The molecule has 0 radical (unpaired) electrons. The van der Waals surface area contributed by atoms with E-state index in [1.54, 1.807) is 0 Å². The summed E-state index contributed by atoms with van der Waals surface area (Å²) in [5, 5.41) is 13.2. The summed E-state index contributed by atoms with van der Waals surface area (Å²) < 4.78 is 61.5. The molecular formula is C56H69NO11Si. The maximum absolute atomic E-state index is 13.2. The van der Waals surface area contributed by atoms with Crippen molar-refractivity contribution in [1.29, 1.82) is 0 Å². The number of benzene rings is 5. The lowest BCUT2D eigenvalue weighted by atomic mass is 9.97. The second-order valence-corrected chi connectivity index (χ2v) is 24.2. The van der Waals surface area contributed by atoms with Crippen LogP contribution in [0.2, 0.25) is 16.6 Å². The average molecular weight is 960 g/mol. The third-order valence-electron chi connectivity index (χ3n) is 13.1. The van der Waals surface area contributed by atoms with Gasteiger partial charge in [0.25, 0.3) is 0 Å². The Morgan fingerprint density at radius 3 is 1.32 bits per heavy atom. The van der Waals surface area contributed by atoms with E-state index in [1.807, 2.05) is 152 Å². The van der Waals surface area contributed by atoms with E-state index >= 15 is 0 Å². The predicted octanol–water partition coefficient (Wildman–Crippen LogP) is 11.4. The fourth-order valence-corrected chi connectivity index (χ4v) is 15.2. The van der Waals surface area contributed by atoms with Crippen LogP contribution in [0.4, 0.5) is 0 Å². The van der Waals surface area contributed by atoms with Crippen LogP contribution in [-0.4, -0.2) is 75.5 Å². The van der Waals surface area contributed by atoms with Gasteiger partial charge in [-0.2, -0.15) is 0 Å². The van der Waals surface area contributed by atoms with Crippen molar-refractivity contribution in [1.82, 2.24) is 0 Å². The minimum absolute atomic E-state index is 0.0766. The monoisotopic (exact) mass is 959 g/mol. The van der Waals surface area contributed by atoms with E-state index in [2.05, 4.69) is 41.5 Å². The van der Waals surface area contributed by atoms with E-state index in [0.29, 0.717) is 6.61 Å². The van der Waals surface area contributed by atoms with E-state index in [-0.39, 0.29) is 62.0 Å². The fraction of sp³-hybridized carbons (Fsp3) is 0.429. The third-order valence-corrected chi connectivity index (χ3v) is 19.2. The molecule has 0 N–H and O–H groups in total. The van der Waals surface area contributed by atoms with Gasteiger partial charge in [0.15, 0.2) is 18.7 Å². The fourth-order valence-electron chi connectivity index (χ4n) is 9.78. The zero-order chi connectivity index (χ0) is 48.6. The number of ether oxygens (including phenoxy) is 8. The van der Waals surface area contributed by atoms with Crippen molar-refractivity contribution in [2.24, 2.45) is 0 Å². The van der Waals surface area contributed by atoms with Gasteiger partial charge in [-0.05, 0) is 44.4 Å². The SMILES string of the molecule is CC(C)[Si](OC[C@H]1OC=C([N+](=O)[O-])[C@@H](O[C@H]2O[C@H](COCc3ccccc3)[C@H](OCc3ccccc3)[C@H](OCc3ccccc3)[C@@H]2OCc2ccccc2)[C@H]1OCc1ccccc1)(C(C)C)C(C)C. The Labute approximate surface area is 409 Å². The van der Waals surface area contributed by atoms with Crippen molar-refractivity contribution < 1.29 is 47.2 Å². The maximum Gasteiger partial charge on any atom is 0.311 e. The molecular weight excluding hydrogens is 891 g/mol. The number of hydrogen-bond acceptors (Lipinski definition) is 11. The van der Waals surface area contributed by atoms with E-state index in [1.165, 1.54) is 6.26 Å². The molecule has 0 spiro atoms. The molecule has 69 heavy (non-hydrogen) atoms. The summed E-state index contributed by atoms with van der Waals surface area (Å²) in [7, 11) is -2.44. The normalized spacial score (nSPS) is 22.9. The van der Waals surface area contributed by atoms with Gasteiger partial charge in [-0.3, -0.25) is 10.1 Å². The summed E-state index contributed by atoms with van der Waals surface area (Å²) in [5.74, 6) is 0. The summed E-state index contributed by atoms with van der Waals surface area (Å²) in [4.78, 5) is 12.7. The summed E-state index contributed by atoms with van der Waals surface area (Å²) >= 11 is 0. The minimum atomic E-state index is -2.44. The summed E-state index contributed by atoms with van der Waals surface area (Å²) in [5.41, 5.74) is 5.18. The molecule has 8 atom stereocenters. The molecule has 5 aromatic carbocycles. The van der Waals surface area contributed by atoms with Crippen LogP contribution < -0.4 is 0 Å². The lowest BCUT2D eigenvalue weighted by Gasteiger charge is -2.47. The average Bonchev–Trinajstić information content (AvgIpc) is 3.36. The van der Waals surface area contributed by atoms with E-state index in [0.717, 1.165) is 27.8 Å². The van der Waals surface area contributed by atoms with Crippen molar-refractivity contribution in [2.75, 3.05) is 13.2 Å². The molecule has 12 nitrogen and oxygen atoms in total. The van der Waals surface area contributed by atoms with Crippen LogP contribution in [0.15, 0.2) is 164 Å². The Kier molecular flexibility index (Phi) is 19.3. The van der Waals surface area contributed by atoms with Crippen LogP contribution in [-0.2, 0) is 75.4 Å². The van der Waals surface area contributed by atoms with Crippen LogP contribution in [0.5, 0.6) is 0 Å². The summed E-state index contributed by atoms with van der Waals surface area (Å²) in [6.07, 6.45) is -6.55. The van der Waals surface area contributed by atoms with Gasteiger partial charge in [0.05, 0.1) is 51.2 Å². The van der Waals surface area contributed by atoms with Gasteiger partial charge in [0.1, 0.15) is 36.6 Å². The lowest BCUT2D eigenvalue weighted by Crippen LogP contribution is -2.63. The summed E-state index contributed by atoms with van der Waals surface area (Å²) in [6, 6.07) is 49.1. The number of nitro groups is 1. The first kappa shape index (κ1) is 51.8. The van der Waals surface area contributed by atoms with Crippen LogP contribution in [0.1, 0.15) is 69.4 Å². The first-order valence-corrected chi connectivity index (χ1v) is 26.4. The highest BCUT2D eigenvalue weighted by Crippen LogP contribution is 2.43. The Balaban J connectivity index is 1.29. The first-order chi connectivity index (χ1) is 33.5. The van der Waals surface area contributed by atoms with Crippen molar-refractivity contribution in [3.8, 4) is 0 Å². The molecule has 0 saturated carbocycles.